The molecule has 6 aromatic rings. The normalized spacial score (nSPS) is 16.2. The standard InChI is InChI=1S/C35H30F3N5O3S/c1-5-29(45)42-16-18(2)43-27(19(42)3)15-25(40-43)34-32(30-23(37)13-22(36)14-28(30)46-11-10-44)31-24(38)17-47-35(31)33(39-34)21-6-7-26-20(12-21)8-9-41(26)4/h5-9,12-15,17-19,44H,1,10-11,16H2,2-4H3/t18-,19+/m0/s1. The molecule has 0 unspecified atom stereocenters. The molecule has 0 fully saturated rings. The first kappa shape index (κ1) is 30.7. The molecule has 47 heavy (non-hydrogen) atoms. The van der Waals surface area contributed by atoms with Gasteiger partial charge < -0.3 is 19.3 Å². The van der Waals surface area contributed by atoms with Gasteiger partial charge in [-0.25, -0.2) is 18.2 Å². The number of aryl methyl sites for hydroxylation is 1. The quantitative estimate of drug-likeness (QED) is 0.181. The monoisotopic (exact) mass is 657 g/mol. The van der Waals surface area contributed by atoms with E-state index in [1.807, 2.05) is 55.9 Å². The van der Waals surface area contributed by atoms with Gasteiger partial charge in [0.15, 0.2) is 0 Å². The minimum absolute atomic E-state index is 0.0449. The lowest BCUT2D eigenvalue weighted by molar-refractivity contribution is -0.129. The average molecular weight is 658 g/mol. The molecular weight excluding hydrogens is 627 g/mol. The number of fused-ring (bicyclic) bond motifs is 3. The van der Waals surface area contributed by atoms with E-state index in [1.165, 1.54) is 11.5 Å². The SMILES string of the molecule is C=CC(=O)N1C[C@H](C)n2nc(-c3nc(-c4ccc5c(ccn5C)c4)c4scc(F)c4c3-c3c(F)cc(F)cc3OCCO)cc2[C@H]1C. The molecule has 1 aliphatic heterocycles. The summed E-state index contributed by atoms with van der Waals surface area (Å²) in [7, 11) is 1.94. The van der Waals surface area contributed by atoms with Crippen LogP contribution in [0.1, 0.15) is 31.6 Å². The van der Waals surface area contributed by atoms with Crippen molar-refractivity contribution in [3.8, 4) is 39.5 Å². The number of aliphatic hydroxyl groups is 1. The summed E-state index contributed by atoms with van der Waals surface area (Å²) in [6.45, 7) is 7.16. The Morgan fingerprint density at radius 3 is 2.68 bits per heavy atom. The van der Waals surface area contributed by atoms with Gasteiger partial charge in [0.1, 0.15) is 41.2 Å². The number of pyridine rings is 1. The van der Waals surface area contributed by atoms with E-state index in [1.54, 1.807) is 15.6 Å². The number of amides is 1. The summed E-state index contributed by atoms with van der Waals surface area (Å²) < 4.78 is 56.5. The topological polar surface area (TPSA) is 85.4 Å². The molecule has 5 heterocycles. The van der Waals surface area contributed by atoms with Crippen molar-refractivity contribution in [2.75, 3.05) is 19.8 Å². The number of nitrogens with zero attached hydrogens (tertiary/aromatic N) is 5. The number of aliphatic hydroxyl groups excluding tert-OH is 1. The molecule has 8 nitrogen and oxygen atoms in total. The fraction of sp³-hybridized carbons (Fsp3) is 0.229. The minimum atomic E-state index is -0.986. The van der Waals surface area contributed by atoms with Crippen LogP contribution >= 0.6 is 11.3 Å². The molecule has 240 valence electrons. The minimum Gasteiger partial charge on any atom is -0.490 e. The van der Waals surface area contributed by atoms with Crippen LogP contribution in [0.5, 0.6) is 5.75 Å². The Labute approximate surface area is 271 Å². The van der Waals surface area contributed by atoms with Crippen LogP contribution in [0.2, 0.25) is 0 Å². The van der Waals surface area contributed by atoms with Gasteiger partial charge in [0.2, 0.25) is 5.91 Å². The van der Waals surface area contributed by atoms with Gasteiger partial charge in [-0.2, -0.15) is 5.10 Å². The maximum Gasteiger partial charge on any atom is 0.246 e. The van der Waals surface area contributed by atoms with Crippen LogP contribution in [0, 0.1) is 17.5 Å². The van der Waals surface area contributed by atoms with Gasteiger partial charge in [0.05, 0.1) is 40.3 Å². The largest absolute Gasteiger partial charge is 0.490 e. The van der Waals surface area contributed by atoms with Gasteiger partial charge in [-0.15, -0.1) is 11.3 Å². The first-order valence-electron chi connectivity index (χ1n) is 15.0. The fourth-order valence-corrected chi connectivity index (χ4v) is 7.40. The summed E-state index contributed by atoms with van der Waals surface area (Å²) >= 11 is 1.13. The Bertz CT molecular complexity index is 2220. The van der Waals surface area contributed by atoms with Gasteiger partial charge >= 0.3 is 0 Å². The van der Waals surface area contributed by atoms with E-state index in [4.69, 9.17) is 14.8 Å². The number of aromatic nitrogens is 4. The highest BCUT2D eigenvalue weighted by molar-refractivity contribution is 7.17. The molecule has 1 N–H and O–H groups in total. The zero-order valence-electron chi connectivity index (χ0n) is 25.8. The van der Waals surface area contributed by atoms with Crippen molar-refractivity contribution in [1.29, 1.82) is 0 Å². The van der Waals surface area contributed by atoms with E-state index in [9.17, 15) is 14.3 Å². The van der Waals surface area contributed by atoms with Gasteiger partial charge in [0, 0.05) is 64.7 Å². The number of thiophene rings is 1. The van der Waals surface area contributed by atoms with Crippen LogP contribution < -0.4 is 4.74 Å². The second kappa shape index (κ2) is 11.7. The highest BCUT2D eigenvalue weighted by Gasteiger charge is 2.34. The second-order valence-corrected chi connectivity index (χ2v) is 12.5. The third kappa shape index (κ3) is 4.99. The molecule has 0 bridgehead atoms. The highest BCUT2D eigenvalue weighted by atomic mass is 32.1. The lowest BCUT2D eigenvalue weighted by atomic mass is 9.94. The number of hydrogen-bond acceptors (Lipinski definition) is 6. The second-order valence-electron chi connectivity index (χ2n) is 11.6. The summed E-state index contributed by atoms with van der Waals surface area (Å²) in [4.78, 5) is 19.5. The predicted molar refractivity (Wildman–Crippen MR) is 176 cm³/mol. The van der Waals surface area contributed by atoms with Crippen LogP contribution in [-0.4, -0.2) is 55.0 Å². The Balaban J connectivity index is 1.56. The molecule has 4 aromatic heterocycles. The number of halogens is 3. The lowest BCUT2D eigenvalue weighted by Gasteiger charge is -2.36. The molecule has 7 rings (SSSR count). The van der Waals surface area contributed by atoms with Crippen LogP contribution in [-0.2, 0) is 11.8 Å². The number of ether oxygens (including phenoxy) is 1. The Hall–Kier alpha value is -4.94. The number of benzene rings is 2. The van der Waals surface area contributed by atoms with Crippen molar-refractivity contribution in [2.45, 2.75) is 25.9 Å². The lowest BCUT2D eigenvalue weighted by Crippen LogP contribution is -2.42. The zero-order chi connectivity index (χ0) is 33.1. The van der Waals surface area contributed by atoms with Gasteiger partial charge in [0.25, 0.3) is 0 Å². The van der Waals surface area contributed by atoms with Crippen molar-refractivity contribution in [3.63, 3.8) is 0 Å². The molecule has 1 aliphatic rings. The van der Waals surface area contributed by atoms with E-state index >= 15 is 8.78 Å². The molecule has 0 aliphatic carbocycles. The maximum atomic E-state index is 16.1. The average Bonchev–Trinajstić information content (AvgIpc) is 3.78. The van der Waals surface area contributed by atoms with Gasteiger partial charge in [-0.3, -0.25) is 9.48 Å². The molecule has 2 aromatic carbocycles. The third-order valence-corrected chi connectivity index (χ3v) is 9.64. The Kier molecular flexibility index (Phi) is 7.64. The summed E-state index contributed by atoms with van der Waals surface area (Å²) in [6.07, 6.45) is 3.21. The summed E-state index contributed by atoms with van der Waals surface area (Å²) in [6, 6.07) is 10.7. The van der Waals surface area contributed by atoms with Crippen LogP contribution in [0.3, 0.4) is 0 Å². The predicted octanol–water partition coefficient (Wildman–Crippen LogP) is 7.42. The van der Waals surface area contributed by atoms with Crippen molar-refractivity contribution >= 4 is 38.2 Å². The Morgan fingerprint density at radius 1 is 1.11 bits per heavy atom. The first-order chi connectivity index (χ1) is 22.6. The van der Waals surface area contributed by atoms with Gasteiger partial charge in [-0.05, 0) is 44.2 Å². The summed E-state index contributed by atoms with van der Waals surface area (Å²) in [5, 5.41) is 16.7. The van der Waals surface area contributed by atoms with Crippen LogP contribution in [0.4, 0.5) is 13.2 Å². The van der Waals surface area contributed by atoms with Gasteiger partial charge in [-0.1, -0.05) is 12.6 Å². The van der Waals surface area contributed by atoms with Crippen LogP contribution in [0.15, 0.2) is 66.7 Å². The molecule has 2 atom stereocenters. The third-order valence-electron chi connectivity index (χ3n) is 8.69. The first-order valence-corrected chi connectivity index (χ1v) is 15.9. The number of rotatable bonds is 7. The molecule has 0 spiro atoms. The van der Waals surface area contributed by atoms with Crippen molar-refractivity contribution in [2.24, 2.45) is 7.05 Å². The van der Waals surface area contributed by atoms with Crippen molar-refractivity contribution in [3.05, 3.63) is 89.8 Å². The summed E-state index contributed by atoms with van der Waals surface area (Å²) in [5.74, 6) is -2.93. The molecule has 12 heteroatoms. The number of carbonyl (C=O) groups is 1. The van der Waals surface area contributed by atoms with E-state index in [0.29, 0.717) is 40.0 Å². The van der Waals surface area contributed by atoms with E-state index in [0.717, 1.165) is 28.3 Å². The molecule has 1 amide bonds. The molecule has 0 saturated carbocycles. The number of carbonyl (C=O) groups excluding carboxylic acids is 1. The van der Waals surface area contributed by atoms with E-state index in [-0.39, 0.29) is 52.6 Å². The van der Waals surface area contributed by atoms with E-state index in [2.05, 4.69) is 6.58 Å². The fourth-order valence-electron chi connectivity index (χ4n) is 6.46. The Morgan fingerprint density at radius 2 is 1.91 bits per heavy atom. The molecule has 0 radical (unpaired) electrons. The number of hydrogen-bond donors (Lipinski definition) is 1. The zero-order valence-corrected chi connectivity index (χ0v) is 26.6. The van der Waals surface area contributed by atoms with Crippen molar-refractivity contribution in [1.82, 2.24) is 24.2 Å². The smallest absolute Gasteiger partial charge is 0.246 e. The molecular formula is C35H30F3N5O3S. The van der Waals surface area contributed by atoms with Crippen molar-refractivity contribution < 1.29 is 27.8 Å². The van der Waals surface area contributed by atoms with Crippen LogP contribution in [0.25, 0.3) is 54.8 Å². The maximum absolute atomic E-state index is 16.1. The van der Waals surface area contributed by atoms with E-state index < -0.39 is 24.1 Å². The molecule has 0 saturated heterocycles. The summed E-state index contributed by atoms with van der Waals surface area (Å²) in [5.41, 5.74) is 3.20. The highest BCUT2D eigenvalue weighted by Crippen LogP contribution is 2.48.